The van der Waals surface area contributed by atoms with Crippen molar-refractivity contribution in [1.29, 1.82) is 0 Å². The molecule has 1 heterocycles. The van der Waals surface area contributed by atoms with Gasteiger partial charge in [-0.3, -0.25) is 10.4 Å². The summed E-state index contributed by atoms with van der Waals surface area (Å²) in [5, 5.41) is 3.79. The van der Waals surface area contributed by atoms with E-state index in [9.17, 15) is 0 Å². The van der Waals surface area contributed by atoms with Crippen LogP contribution in [0.4, 0.5) is 5.69 Å². The number of benzene rings is 2. The second-order valence-electron chi connectivity index (χ2n) is 6.36. The van der Waals surface area contributed by atoms with E-state index < -0.39 is 7.59 Å². The molecule has 0 radical (unpaired) electrons. The lowest BCUT2D eigenvalue weighted by atomic mass is 10.0. The monoisotopic (exact) mass is 512 g/mol. The summed E-state index contributed by atoms with van der Waals surface area (Å²) in [6.45, 7) is 3.32. The number of nitrogens with zero attached hydrogens (tertiary/aromatic N) is 1. The van der Waals surface area contributed by atoms with E-state index in [1.807, 2.05) is 31.2 Å². The van der Waals surface area contributed by atoms with Crippen LogP contribution in [0.1, 0.15) is 12.5 Å². The molecule has 1 N–H and O–H groups in total. The summed E-state index contributed by atoms with van der Waals surface area (Å²) in [5.41, 5.74) is 5.74. The fraction of sp³-hybridized carbons (Fsp3) is 0.300. The number of nitrogens with one attached hydrogen (secondary N) is 1. The number of hydrogen-bond donors (Lipinski definition) is 1. The average molecular weight is 515 g/mol. The van der Waals surface area contributed by atoms with E-state index in [1.54, 1.807) is 11.2 Å². The largest absolute Gasteiger partial charge is 0.381 e. The molecule has 156 valence electrons. The second kappa shape index (κ2) is 9.32. The molecule has 3 rings (SSSR count). The van der Waals surface area contributed by atoms with Crippen LogP contribution < -0.4 is 10.4 Å². The molecular formula is C20H18Cl6N2O. The van der Waals surface area contributed by atoms with Gasteiger partial charge in [-0.25, -0.2) is 0 Å². The van der Waals surface area contributed by atoms with Crippen molar-refractivity contribution in [1.82, 2.24) is 5.43 Å². The molecule has 0 atom stereocenters. The van der Waals surface area contributed by atoms with Gasteiger partial charge in [0.15, 0.2) is 0 Å². The lowest BCUT2D eigenvalue weighted by Gasteiger charge is -2.34. The van der Waals surface area contributed by atoms with Crippen molar-refractivity contribution in [3.63, 3.8) is 0 Å². The summed E-state index contributed by atoms with van der Waals surface area (Å²) >= 11 is 36.6. The molecule has 29 heavy (non-hydrogen) atoms. The topological polar surface area (TPSA) is 24.5 Å². The Balaban J connectivity index is 2.07. The highest BCUT2D eigenvalue weighted by molar-refractivity contribution is 6.70. The molecule has 0 saturated carbocycles. The molecule has 0 unspecified atom stereocenters. The normalized spacial score (nSPS) is 15.2. The molecule has 1 aliphatic heterocycles. The molecule has 1 aliphatic rings. The molecule has 0 fully saturated rings. The molecule has 0 amide bonds. The van der Waals surface area contributed by atoms with Crippen LogP contribution in [0.2, 0.25) is 0 Å². The highest BCUT2D eigenvalue weighted by Crippen LogP contribution is 2.43. The zero-order chi connectivity index (χ0) is 21.2. The van der Waals surface area contributed by atoms with E-state index in [4.69, 9.17) is 74.3 Å². The van der Waals surface area contributed by atoms with Gasteiger partial charge in [0.2, 0.25) is 7.59 Å². The van der Waals surface area contributed by atoms with Gasteiger partial charge in [-0.05, 0) is 36.4 Å². The highest BCUT2D eigenvalue weighted by Gasteiger charge is 2.35. The standard InChI is InChI=1S/C20H18Cl6N2O/c1-2-29-10-9-13-7-8-17(16-6-4-3-5-15(13)16)28-12-14(19(21,22)23)11-18(27-28)20(24,25)26/h3-8,11-12,27H,2,9-10H2,1H3. The number of hydrogen-bond acceptors (Lipinski definition) is 3. The van der Waals surface area contributed by atoms with Crippen LogP contribution in [0.3, 0.4) is 0 Å². The SMILES string of the molecule is CCOCCc1ccc(N2C=C(C(Cl)(Cl)Cl)C=C(C(Cl)(Cl)Cl)N2)c2ccccc12. The number of fused-ring (bicyclic) bond motifs is 1. The minimum atomic E-state index is -1.72. The molecule has 2 aromatic carbocycles. The summed E-state index contributed by atoms with van der Waals surface area (Å²) in [7, 11) is 0. The van der Waals surface area contributed by atoms with E-state index in [0.717, 1.165) is 22.9 Å². The van der Waals surface area contributed by atoms with Crippen molar-refractivity contribution in [2.24, 2.45) is 0 Å². The summed E-state index contributed by atoms with van der Waals surface area (Å²) in [6.07, 6.45) is 4.00. The quantitative estimate of drug-likeness (QED) is 0.336. The minimum Gasteiger partial charge on any atom is -0.381 e. The third-order valence-corrected chi connectivity index (χ3v) is 5.68. The summed E-state index contributed by atoms with van der Waals surface area (Å²) in [5.74, 6) is 0. The van der Waals surface area contributed by atoms with Crippen LogP contribution in [0.5, 0.6) is 0 Å². The Morgan fingerprint density at radius 1 is 0.931 bits per heavy atom. The van der Waals surface area contributed by atoms with Crippen molar-refractivity contribution in [2.75, 3.05) is 18.2 Å². The number of alkyl halides is 6. The first-order chi connectivity index (χ1) is 13.6. The van der Waals surface area contributed by atoms with Crippen LogP contribution >= 0.6 is 69.6 Å². The molecule has 2 aromatic rings. The molecule has 0 saturated heterocycles. The Morgan fingerprint density at radius 2 is 1.62 bits per heavy atom. The highest BCUT2D eigenvalue weighted by atomic mass is 35.6. The first kappa shape index (κ1) is 23.1. The molecule has 0 aromatic heterocycles. The maximum absolute atomic E-state index is 6.11. The Bertz CT molecular complexity index is 946. The fourth-order valence-electron chi connectivity index (χ4n) is 3.06. The van der Waals surface area contributed by atoms with Gasteiger partial charge in [0.1, 0.15) is 0 Å². The van der Waals surface area contributed by atoms with Gasteiger partial charge in [0.25, 0.3) is 0 Å². The van der Waals surface area contributed by atoms with E-state index in [1.165, 1.54) is 11.6 Å². The number of halogens is 6. The van der Waals surface area contributed by atoms with Crippen LogP contribution in [-0.2, 0) is 11.2 Å². The minimum absolute atomic E-state index is 0.274. The van der Waals surface area contributed by atoms with Gasteiger partial charge in [0.05, 0.1) is 18.0 Å². The van der Waals surface area contributed by atoms with E-state index in [0.29, 0.717) is 18.8 Å². The molecule has 0 spiro atoms. The van der Waals surface area contributed by atoms with Crippen molar-refractivity contribution >= 4 is 86.1 Å². The number of rotatable bonds is 5. The number of ether oxygens (including phenoxy) is 1. The first-order valence-corrected chi connectivity index (χ1v) is 11.1. The van der Waals surface area contributed by atoms with Crippen LogP contribution in [-0.4, -0.2) is 20.8 Å². The van der Waals surface area contributed by atoms with Gasteiger partial charge in [-0.2, -0.15) is 0 Å². The third kappa shape index (κ3) is 5.59. The zero-order valence-electron chi connectivity index (χ0n) is 15.4. The summed E-state index contributed by atoms with van der Waals surface area (Å²) in [6, 6.07) is 12.1. The van der Waals surface area contributed by atoms with Crippen molar-refractivity contribution in [3.05, 3.63) is 65.5 Å². The van der Waals surface area contributed by atoms with Gasteiger partial charge >= 0.3 is 0 Å². The molecular weight excluding hydrogens is 497 g/mol. The smallest absolute Gasteiger partial charge is 0.231 e. The van der Waals surface area contributed by atoms with E-state index in [2.05, 4.69) is 17.6 Å². The molecule has 9 heteroatoms. The second-order valence-corrected chi connectivity index (χ2v) is 10.9. The van der Waals surface area contributed by atoms with Crippen LogP contribution in [0.15, 0.2) is 59.9 Å². The fourth-order valence-corrected chi connectivity index (χ4v) is 3.66. The predicted molar refractivity (Wildman–Crippen MR) is 127 cm³/mol. The third-order valence-electron chi connectivity index (χ3n) is 4.41. The summed E-state index contributed by atoms with van der Waals surface area (Å²) < 4.78 is 2.10. The van der Waals surface area contributed by atoms with Gasteiger partial charge in [-0.1, -0.05) is 99.9 Å². The van der Waals surface area contributed by atoms with Gasteiger partial charge in [-0.15, -0.1) is 0 Å². The number of allylic oxidation sites excluding steroid dienone is 3. The van der Waals surface area contributed by atoms with Crippen LogP contribution in [0.25, 0.3) is 10.8 Å². The summed E-state index contributed by atoms with van der Waals surface area (Å²) in [4.78, 5) is 0. The maximum Gasteiger partial charge on any atom is 0.231 e. The Labute approximate surface area is 200 Å². The molecule has 3 nitrogen and oxygen atoms in total. The first-order valence-electron chi connectivity index (χ1n) is 8.83. The van der Waals surface area contributed by atoms with Gasteiger partial charge in [0, 0.05) is 23.8 Å². The molecule has 0 aliphatic carbocycles. The van der Waals surface area contributed by atoms with Crippen molar-refractivity contribution in [2.45, 2.75) is 20.9 Å². The number of anilines is 1. The molecule has 0 bridgehead atoms. The zero-order valence-corrected chi connectivity index (χ0v) is 19.9. The Morgan fingerprint density at radius 3 is 2.24 bits per heavy atom. The van der Waals surface area contributed by atoms with Crippen LogP contribution in [0, 0.1) is 0 Å². The maximum atomic E-state index is 6.11. The van der Waals surface area contributed by atoms with E-state index in [-0.39, 0.29) is 5.70 Å². The van der Waals surface area contributed by atoms with E-state index >= 15 is 0 Å². The Hall–Kier alpha value is -0.520. The van der Waals surface area contributed by atoms with Crippen molar-refractivity contribution in [3.8, 4) is 0 Å². The Kier molecular flexibility index (Phi) is 7.44. The lowest BCUT2D eigenvalue weighted by molar-refractivity contribution is 0.151. The number of hydrazine groups is 1. The predicted octanol–water partition coefficient (Wildman–Crippen LogP) is 7.25. The average Bonchev–Trinajstić information content (AvgIpc) is 2.66. The van der Waals surface area contributed by atoms with Crippen molar-refractivity contribution < 1.29 is 4.74 Å². The lowest BCUT2D eigenvalue weighted by Crippen LogP contribution is -2.41. The van der Waals surface area contributed by atoms with Gasteiger partial charge < -0.3 is 4.74 Å².